The van der Waals surface area contributed by atoms with E-state index in [1.54, 1.807) is 6.33 Å². The smallest absolute Gasteiger partial charge is 0.138 e. The molecule has 1 aliphatic heterocycles. The molecule has 2 unspecified atom stereocenters. The molecule has 0 radical (unpaired) electrons. The van der Waals surface area contributed by atoms with Crippen LogP contribution in [-0.2, 0) is 6.42 Å². The molecule has 0 aliphatic carbocycles. The van der Waals surface area contributed by atoms with Crippen LogP contribution in [0.5, 0.6) is 0 Å². The van der Waals surface area contributed by atoms with Crippen LogP contribution in [0.2, 0.25) is 0 Å². The van der Waals surface area contributed by atoms with Crippen molar-refractivity contribution < 1.29 is 0 Å². The summed E-state index contributed by atoms with van der Waals surface area (Å²) in [5.41, 5.74) is 0. The Balaban J connectivity index is 2.03. The molecule has 1 aliphatic rings. The predicted molar refractivity (Wildman–Crippen MR) is 81.6 cm³/mol. The number of hydrogen-bond acceptors (Lipinski definition) is 4. The van der Waals surface area contributed by atoms with Gasteiger partial charge >= 0.3 is 0 Å². The molecule has 1 N–H and O–H groups in total. The molecular weight excluding hydrogens is 256 g/mol. The Hall–Kier alpha value is -0.550. The third kappa shape index (κ3) is 3.96. The molecule has 0 aromatic carbocycles. The molecule has 0 amide bonds. The highest BCUT2D eigenvalue weighted by Crippen LogP contribution is 2.27. The first-order valence-corrected chi connectivity index (χ1v) is 8.57. The quantitative estimate of drug-likeness (QED) is 0.834. The van der Waals surface area contributed by atoms with Gasteiger partial charge in [-0.25, -0.2) is 9.67 Å². The molecule has 5 heteroatoms. The largest absolute Gasteiger partial charge is 0.313 e. The fourth-order valence-corrected chi connectivity index (χ4v) is 3.99. The topological polar surface area (TPSA) is 42.7 Å². The number of hydrogen-bond donors (Lipinski definition) is 1. The molecule has 1 fully saturated rings. The van der Waals surface area contributed by atoms with E-state index in [1.807, 2.05) is 0 Å². The zero-order chi connectivity index (χ0) is 13.7. The molecule has 2 atom stereocenters. The van der Waals surface area contributed by atoms with Gasteiger partial charge in [-0.1, -0.05) is 6.92 Å². The average molecular weight is 282 g/mol. The van der Waals surface area contributed by atoms with Crippen molar-refractivity contribution in [2.45, 2.75) is 52.1 Å². The van der Waals surface area contributed by atoms with Crippen LogP contribution in [0, 0.1) is 5.92 Å². The van der Waals surface area contributed by atoms with Crippen molar-refractivity contribution in [3.8, 4) is 0 Å². The molecule has 0 bridgehead atoms. The van der Waals surface area contributed by atoms with Crippen molar-refractivity contribution in [1.82, 2.24) is 20.1 Å². The molecule has 1 saturated heterocycles. The lowest BCUT2D eigenvalue weighted by atomic mass is 9.95. The summed E-state index contributed by atoms with van der Waals surface area (Å²) in [6.07, 6.45) is 5.22. The Morgan fingerprint density at radius 1 is 1.53 bits per heavy atom. The highest BCUT2D eigenvalue weighted by Gasteiger charge is 2.26. The molecule has 1 aromatic heterocycles. The van der Waals surface area contributed by atoms with Crippen LogP contribution in [-0.4, -0.2) is 38.9 Å². The second-order valence-corrected chi connectivity index (χ2v) is 6.75. The van der Waals surface area contributed by atoms with Gasteiger partial charge in [0.05, 0.1) is 0 Å². The van der Waals surface area contributed by atoms with Crippen LogP contribution in [0.3, 0.4) is 0 Å². The van der Waals surface area contributed by atoms with Gasteiger partial charge in [0.15, 0.2) is 0 Å². The highest BCUT2D eigenvalue weighted by atomic mass is 32.2. The van der Waals surface area contributed by atoms with Crippen LogP contribution < -0.4 is 5.32 Å². The second-order valence-electron chi connectivity index (χ2n) is 5.60. The van der Waals surface area contributed by atoms with Crippen molar-refractivity contribution in [2.24, 2.45) is 5.92 Å². The van der Waals surface area contributed by atoms with Crippen LogP contribution in [0.4, 0.5) is 0 Å². The Morgan fingerprint density at radius 2 is 2.37 bits per heavy atom. The van der Waals surface area contributed by atoms with E-state index in [2.05, 4.69) is 52.6 Å². The lowest BCUT2D eigenvalue weighted by Gasteiger charge is -2.24. The summed E-state index contributed by atoms with van der Waals surface area (Å²) in [4.78, 5) is 4.46. The normalized spacial score (nSPS) is 21.2. The van der Waals surface area contributed by atoms with Gasteiger partial charge < -0.3 is 5.32 Å². The fraction of sp³-hybridized carbons (Fsp3) is 0.857. The van der Waals surface area contributed by atoms with Crippen LogP contribution in [0.15, 0.2) is 6.33 Å². The minimum atomic E-state index is 0.391. The van der Waals surface area contributed by atoms with Gasteiger partial charge in [-0.15, -0.1) is 0 Å². The summed E-state index contributed by atoms with van der Waals surface area (Å²) in [5.74, 6) is 4.51. The maximum Gasteiger partial charge on any atom is 0.138 e. The number of rotatable bonds is 7. The molecule has 1 aromatic rings. The molecule has 2 heterocycles. The van der Waals surface area contributed by atoms with Crippen LogP contribution in [0.1, 0.15) is 45.5 Å². The zero-order valence-corrected chi connectivity index (χ0v) is 13.1. The fourth-order valence-electron chi connectivity index (χ4n) is 2.65. The molecule has 2 rings (SSSR count). The lowest BCUT2D eigenvalue weighted by Crippen LogP contribution is -2.39. The summed E-state index contributed by atoms with van der Waals surface area (Å²) in [5, 5.41) is 8.07. The first kappa shape index (κ1) is 14.9. The van der Waals surface area contributed by atoms with Crippen LogP contribution in [0.25, 0.3) is 0 Å². The van der Waals surface area contributed by atoms with Gasteiger partial charge in [0.2, 0.25) is 0 Å². The zero-order valence-electron chi connectivity index (χ0n) is 12.3. The van der Waals surface area contributed by atoms with E-state index in [-0.39, 0.29) is 0 Å². The third-order valence-electron chi connectivity index (χ3n) is 3.73. The summed E-state index contributed by atoms with van der Waals surface area (Å²) in [7, 11) is 0. The van der Waals surface area contributed by atoms with Crippen molar-refractivity contribution in [2.75, 3.05) is 18.1 Å². The summed E-state index contributed by atoms with van der Waals surface area (Å²) in [6, 6.07) is 0.943. The van der Waals surface area contributed by atoms with E-state index in [0.29, 0.717) is 12.1 Å². The maximum absolute atomic E-state index is 4.46. The van der Waals surface area contributed by atoms with Gasteiger partial charge in [-0.2, -0.15) is 16.9 Å². The molecular formula is C14H26N4S. The minimum absolute atomic E-state index is 0.391. The van der Waals surface area contributed by atoms with Gasteiger partial charge in [-0.3, -0.25) is 0 Å². The number of nitrogens with one attached hydrogen (secondary N) is 1. The Morgan fingerprint density at radius 3 is 3.00 bits per heavy atom. The molecule has 0 spiro atoms. The van der Waals surface area contributed by atoms with Gasteiger partial charge in [0.25, 0.3) is 0 Å². The van der Waals surface area contributed by atoms with E-state index in [4.69, 9.17) is 0 Å². The monoisotopic (exact) mass is 282 g/mol. The first-order chi connectivity index (χ1) is 9.22. The molecule has 19 heavy (non-hydrogen) atoms. The lowest BCUT2D eigenvalue weighted by molar-refractivity contribution is 0.364. The van der Waals surface area contributed by atoms with E-state index in [0.717, 1.165) is 24.7 Å². The summed E-state index contributed by atoms with van der Waals surface area (Å²) >= 11 is 2.08. The minimum Gasteiger partial charge on any atom is -0.313 e. The Labute approximate surface area is 120 Å². The van der Waals surface area contributed by atoms with Crippen molar-refractivity contribution in [1.29, 1.82) is 0 Å². The number of thioether (sulfide) groups is 1. The Kier molecular flexibility index (Phi) is 5.70. The van der Waals surface area contributed by atoms with Gasteiger partial charge in [0.1, 0.15) is 12.2 Å². The molecule has 4 nitrogen and oxygen atoms in total. The van der Waals surface area contributed by atoms with Crippen molar-refractivity contribution >= 4 is 11.8 Å². The van der Waals surface area contributed by atoms with Crippen molar-refractivity contribution in [3.05, 3.63) is 12.2 Å². The highest BCUT2D eigenvalue weighted by molar-refractivity contribution is 7.99. The second kappa shape index (κ2) is 7.29. The van der Waals surface area contributed by atoms with E-state index in [9.17, 15) is 0 Å². The summed E-state index contributed by atoms with van der Waals surface area (Å²) in [6.45, 7) is 7.65. The Bertz CT molecular complexity index is 371. The van der Waals surface area contributed by atoms with Gasteiger partial charge in [0, 0.05) is 18.5 Å². The standard InChI is InChI=1S/C14H26N4S/c1-4-6-15-13(12-5-7-19-9-12)8-14-16-10-17-18(14)11(2)3/h10-13,15H,4-9H2,1-3H3. The average Bonchev–Trinajstić information content (AvgIpc) is 3.04. The van der Waals surface area contributed by atoms with Gasteiger partial charge in [-0.05, 0) is 50.7 Å². The summed E-state index contributed by atoms with van der Waals surface area (Å²) < 4.78 is 2.06. The first-order valence-electron chi connectivity index (χ1n) is 7.41. The molecule has 108 valence electrons. The number of aromatic nitrogens is 3. The maximum atomic E-state index is 4.46. The van der Waals surface area contributed by atoms with Crippen LogP contribution >= 0.6 is 11.8 Å². The SMILES string of the molecule is CCCNC(Cc1ncnn1C(C)C)C1CCSC1. The van der Waals surface area contributed by atoms with Crippen molar-refractivity contribution in [3.63, 3.8) is 0 Å². The number of nitrogens with zero attached hydrogens (tertiary/aromatic N) is 3. The van der Waals surface area contributed by atoms with E-state index < -0.39 is 0 Å². The van der Waals surface area contributed by atoms with E-state index >= 15 is 0 Å². The third-order valence-corrected chi connectivity index (χ3v) is 4.92. The molecule has 0 saturated carbocycles. The van der Waals surface area contributed by atoms with E-state index in [1.165, 1.54) is 24.3 Å². The predicted octanol–water partition coefficient (Wildman–Crippen LogP) is 2.52.